The summed E-state index contributed by atoms with van der Waals surface area (Å²) in [5.74, 6) is -8.62. The van der Waals surface area contributed by atoms with Crippen molar-refractivity contribution in [3.63, 3.8) is 0 Å². The number of rotatable bonds is 10. The summed E-state index contributed by atoms with van der Waals surface area (Å²) < 4.78 is 9.56. The van der Waals surface area contributed by atoms with Crippen LogP contribution < -0.4 is 0 Å². The highest BCUT2D eigenvalue weighted by molar-refractivity contribution is 6.45. The van der Waals surface area contributed by atoms with Gasteiger partial charge in [0.05, 0.1) is 6.61 Å². The largest absolute Gasteiger partial charge is 0.443 e. The first-order valence-corrected chi connectivity index (χ1v) is 7.65. The summed E-state index contributed by atoms with van der Waals surface area (Å²) in [5.41, 5.74) is -6.75. The number of carbonyl (C=O) groups excluding carboxylic acids is 6. The Balaban J connectivity index is 7.41. The first-order valence-electron chi connectivity index (χ1n) is 7.65. The third kappa shape index (κ3) is 4.26. The topological polar surface area (TPSA) is 182 Å². The fourth-order valence-electron chi connectivity index (χ4n) is 2.71. The SMILES string of the molecule is CC(=O)OC(C(C)=O)(C(O)C(O)CO)[C@](OC(C)=O)(C(C)=O)C(=O)C(C)=O. The first-order chi connectivity index (χ1) is 12.2. The Morgan fingerprint density at radius 3 is 1.52 bits per heavy atom. The summed E-state index contributed by atoms with van der Waals surface area (Å²) in [6.45, 7) is 2.30. The van der Waals surface area contributed by atoms with Gasteiger partial charge < -0.3 is 24.8 Å². The van der Waals surface area contributed by atoms with E-state index in [0.717, 1.165) is 13.8 Å². The highest BCUT2D eigenvalue weighted by atomic mass is 16.6. The molecule has 0 rings (SSSR count). The maximum absolute atomic E-state index is 12.6. The van der Waals surface area contributed by atoms with Gasteiger partial charge in [-0.1, -0.05) is 0 Å². The van der Waals surface area contributed by atoms with Gasteiger partial charge in [-0.15, -0.1) is 0 Å². The quantitative estimate of drug-likeness (QED) is 0.206. The molecule has 0 spiro atoms. The Bertz CT molecular complexity index is 667. The van der Waals surface area contributed by atoms with Gasteiger partial charge in [0.2, 0.25) is 0 Å². The van der Waals surface area contributed by atoms with Crippen molar-refractivity contribution >= 4 is 35.1 Å². The van der Waals surface area contributed by atoms with Crippen LogP contribution in [0.3, 0.4) is 0 Å². The van der Waals surface area contributed by atoms with Crippen LogP contribution in [0.15, 0.2) is 0 Å². The molecule has 152 valence electrons. The smallest absolute Gasteiger partial charge is 0.304 e. The van der Waals surface area contributed by atoms with E-state index in [4.69, 9.17) is 14.6 Å². The molecule has 0 radical (unpaired) electrons. The molecule has 11 nitrogen and oxygen atoms in total. The summed E-state index contributed by atoms with van der Waals surface area (Å²) >= 11 is 0. The molecule has 0 saturated carbocycles. The minimum absolute atomic E-state index is 0.656. The molecular formula is C16H22O11. The van der Waals surface area contributed by atoms with E-state index < -0.39 is 65.1 Å². The summed E-state index contributed by atoms with van der Waals surface area (Å²) in [5, 5.41) is 29.4. The zero-order valence-electron chi connectivity index (χ0n) is 15.5. The van der Waals surface area contributed by atoms with Crippen molar-refractivity contribution in [1.29, 1.82) is 0 Å². The van der Waals surface area contributed by atoms with Crippen LogP contribution in [0.4, 0.5) is 0 Å². The molecule has 0 aromatic rings. The van der Waals surface area contributed by atoms with Gasteiger partial charge >= 0.3 is 11.9 Å². The summed E-state index contributed by atoms with van der Waals surface area (Å²) in [4.78, 5) is 72.6. The average molecular weight is 390 g/mol. The van der Waals surface area contributed by atoms with Crippen LogP contribution in [0.1, 0.15) is 34.6 Å². The van der Waals surface area contributed by atoms with E-state index >= 15 is 0 Å². The van der Waals surface area contributed by atoms with Crippen LogP contribution in [0.25, 0.3) is 0 Å². The molecule has 27 heavy (non-hydrogen) atoms. The van der Waals surface area contributed by atoms with E-state index in [9.17, 15) is 39.0 Å². The Hall–Kier alpha value is -2.50. The van der Waals surface area contributed by atoms with Gasteiger partial charge in [-0.25, -0.2) is 0 Å². The van der Waals surface area contributed by atoms with Gasteiger partial charge in [0.25, 0.3) is 17.0 Å². The molecule has 0 aromatic carbocycles. The molecule has 0 amide bonds. The summed E-state index contributed by atoms with van der Waals surface area (Å²) in [7, 11) is 0. The highest BCUT2D eigenvalue weighted by Gasteiger charge is 2.73. The lowest BCUT2D eigenvalue weighted by Crippen LogP contribution is -2.77. The average Bonchev–Trinajstić information content (AvgIpc) is 2.54. The Morgan fingerprint density at radius 1 is 0.815 bits per heavy atom. The van der Waals surface area contributed by atoms with Crippen LogP contribution in [0.5, 0.6) is 0 Å². The molecule has 0 fully saturated rings. The van der Waals surface area contributed by atoms with E-state index in [2.05, 4.69) is 0 Å². The number of ketones is 4. The maximum atomic E-state index is 12.6. The van der Waals surface area contributed by atoms with Crippen molar-refractivity contribution in [2.75, 3.05) is 6.61 Å². The molecule has 0 aliphatic carbocycles. The van der Waals surface area contributed by atoms with Crippen LogP contribution >= 0.6 is 0 Å². The first kappa shape index (κ1) is 24.5. The second kappa shape index (κ2) is 8.93. The highest BCUT2D eigenvalue weighted by Crippen LogP contribution is 2.39. The van der Waals surface area contributed by atoms with E-state index in [1.807, 2.05) is 0 Å². The zero-order chi connectivity index (χ0) is 21.7. The Morgan fingerprint density at radius 2 is 1.26 bits per heavy atom. The number of ether oxygens (including phenoxy) is 2. The van der Waals surface area contributed by atoms with Gasteiger partial charge in [0.15, 0.2) is 17.3 Å². The lowest BCUT2D eigenvalue weighted by molar-refractivity contribution is -0.236. The minimum atomic E-state index is -3.42. The van der Waals surface area contributed by atoms with Gasteiger partial charge in [0.1, 0.15) is 12.2 Å². The number of aliphatic hydroxyl groups excluding tert-OH is 3. The standard InChI is InChI=1S/C16H22O11/c1-7(18)13(24)15(8(2)19,26-10(4)21)16(9(3)20,27-11(5)22)14(25)12(23)6-17/h12,14,17,23,25H,6H2,1-5H3/t12?,14?,15-,16?/m0/s1. The van der Waals surface area contributed by atoms with Gasteiger partial charge in [-0.05, 0) is 13.8 Å². The molecule has 3 N–H and O–H groups in total. The van der Waals surface area contributed by atoms with Crippen molar-refractivity contribution in [3.8, 4) is 0 Å². The predicted molar refractivity (Wildman–Crippen MR) is 85.1 cm³/mol. The van der Waals surface area contributed by atoms with E-state index in [1.165, 1.54) is 0 Å². The number of Topliss-reactive ketones (excluding diaryl/α,β-unsaturated/α-hetero) is 4. The van der Waals surface area contributed by atoms with Crippen LogP contribution in [0, 0.1) is 0 Å². The van der Waals surface area contributed by atoms with Crippen LogP contribution in [0.2, 0.25) is 0 Å². The molecule has 0 bridgehead atoms. The van der Waals surface area contributed by atoms with E-state index in [-0.39, 0.29) is 0 Å². The van der Waals surface area contributed by atoms with Crippen LogP contribution in [-0.2, 0) is 38.2 Å². The monoisotopic (exact) mass is 390 g/mol. The van der Waals surface area contributed by atoms with Crippen molar-refractivity contribution in [1.82, 2.24) is 0 Å². The third-order valence-corrected chi connectivity index (χ3v) is 3.75. The molecule has 3 unspecified atom stereocenters. The normalized spacial score (nSPS) is 17.5. The number of aliphatic hydroxyl groups is 3. The molecular weight excluding hydrogens is 368 g/mol. The van der Waals surface area contributed by atoms with E-state index in [1.54, 1.807) is 0 Å². The zero-order valence-corrected chi connectivity index (χ0v) is 15.5. The fraction of sp³-hybridized carbons (Fsp3) is 0.625. The van der Waals surface area contributed by atoms with Gasteiger partial charge in [0, 0.05) is 20.8 Å². The Kier molecular flexibility index (Phi) is 8.10. The Labute approximate surface area is 154 Å². The number of hydrogen-bond donors (Lipinski definition) is 3. The number of hydrogen-bond acceptors (Lipinski definition) is 11. The fourth-order valence-corrected chi connectivity index (χ4v) is 2.71. The molecule has 11 heteroatoms. The van der Waals surface area contributed by atoms with Gasteiger partial charge in [-0.3, -0.25) is 28.8 Å². The van der Waals surface area contributed by atoms with Crippen LogP contribution in [-0.4, -0.2) is 80.4 Å². The van der Waals surface area contributed by atoms with Gasteiger partial charge in [-0.2, -0.15) is 0 Å². The lowest BCUT2D eigenvalue weighted by Gasteiger charge is -2.46. The maximum Gasteiger partial charge on any atom is 0.304 e. The molecule has 0 aromatic heterocycles. The summed E-state index contributed by atoms with van der Waals surface area (Å²) in [6, 6.07) is 0. The van der Waals surface area contributed by atoms with Crippen molar-refractivity contribution in [2.24, 2.45) is 0 Å². The van der Waals surface area contributed by atoms with E-state index in [0.29, 0.717) is 20.8 Å². The molecule has 0 aliphatic heterocycles. The molecule has 4 atom stereocenters. The second-order valence-electron chi connectivity index (χ2n) is 5.80. The van der Waals surface area contributed by atoms with Crippen molar-refractivity contribution in [3.05, 3.63) is 0 Å². The molecule has 0 saturated heterocycles. The predicted octanol–water partition coefficient (Wildman–Crippen LogP) is -2.36. The third-order valence-electron chi connectivity index (χ3n) is 3.75. The molecule has 0 aliphatic rings. The van der Waals surface area contributed by atoms with Crippen molar-refractivity contribution in [2.45, 2.75) is 58.0 Å². The lowest BCUT2D eigenvalue weighted by atomic mass is 9.68. The summed E-state index contributed by atoms with van der Waals surface area (Å²) in [6.07, 6.45) is -4.84. The second-order valence-corrected chi connectivity index (χ2v) is 5.80. The minimum Gasteiger partial charge on any atom is -0.443 e. The molecule has 0 heterocycles. The number of carbonyl (C=O) groups is 6. The van der Waals surface area contributed by atoms with Crippen molar-refractivity contribution < 1.29 is 53.6 Å². The number of esters is 2.